The molecule has 2 heterocycles. The number of rotatable bonds is 8. The zero-order valence-electron chi connectivity index (χ0n) is 16.0. The normalized spacial score (nSPS) is 23.4. The molecule has 28 heavy (non-hydrogen) atoms. The number of methoxy groups -OCH3 is 1. The molecule has 11 heteroatoms. The molecule has 0 bridgehead atoms. The van der Waals surface area contributed by atoms with Crippen LogP contribution in [0.15, 0.2) is 11.1 Å². The van der Waals surface area contributed by atoms with Crippen LogP contribution in [0.4, 0.5) is 4.79 Å². The predicted molar refractivity (Wildman–Crippen MR) is 98.8 cm³/mol. The molecule has 0 aliphatic carbocycles. The van der Waals surface area contributed by atoms with Gasteiger partial charge in [0.1, 0.15) is 12.1 Å². The van der Waals surface area contributed by atoms with Crippen LogP contribution in [-0.2, 0) is 28.7 Å². The van der Waals surface area contributed by atoms with Crippen molar-refractivity contribution in [3.8, 4) is 0 Å². The van der Waals surface area contributed by atoms with Crippen molar-refractivity contribution >= 4 is 41.5 Å². The van der Waals surface area contributed by atoms with Crippen molar-refractivity contribution < 1.29 is 33.4 Å². The van der Waals surface area contributed by atoms with Crippen LogP contribution < -0.4 is 5.32 Å². The van der Waals surface area contributed by atoms with Crippen molar-refractivity contribution in [2.24, 2.45) is 0 Å². The minimum atomic E-state index is -1.01. The van der Waals surface area contributed by atoms with Gasteiger partial charge in [0.25, 0.3) is 5.91 Å². The maximum atomic E-state index is 12.2. The molecule has 154 valence electrons. The molecule has 2 rings (SSSR count). The van der Waals surface area contributed by atoms with E-state index in [1.807, 2.05) is 0 Å². The van der Waals surface area contributed by atoms with Crippen molar-refractivity contribution in [1.29, 1.82) is 0 Å². The lowest BCUT2D eigenvalue weighted by atomic mass is 9.99. The average molecular weight is 413 g/mol. The highest BCUT2D eigenvalue weighted by Gasteiger charge is 2.47. The van der Waals surface area contributed by atoms with Crippen molar-refractivity contribution in [2.45, 2.75) is 32.2 Å². The van der Waals surface area contributed by atoms with Crippen molar-refractivity contribution in [3.05, 3.63) is 11.1 Å². The summed E-state index contributed by atoms with van der Waals surface area (Å²) in [5.74, 6) is -1.65. The molecule has 1 atom stereocenters. The van der Waals surface area contributed by atoms with Gasteiger partial charge in [0, 0.05) is 6.54 Å². The molecule has 0 aromatic rings. The number of nitrogens with one attached hydrogen (secondary N) is 1. The third-order valence-electron chi connectivity index (χ3n) is 4.48. The molecular formula is C17H23N3O7S. The first-order valence-corrected chi connectivity index (χ1v) is 9.73. The molecule has 1 unspecified atom stereocenters. The summed E-state index contributed by atoms with van der Waals surface area (Å²) in [4.78, 5) is 61.6. The molecule has 1 N–H and O–H groups in total. The van der Waals surface area contributed by atoms with Crippen LogP contribution in [0, 0.1) is 0 Å². The molecule has 0 saturated carbocycles. The van der Waals surface area contributed by atoms with Gasteiger partial charge in [-0.25, -0.2) is 9.59 Å². The van der Waals surface area contributed by atoms with Crippen molar-refractivity contribution in [3.63, 3.8) is 0 Å². The summed E-state index contributed by atoms with van der Waals surface area (Å²) in [5, 5.41) is 3.05. The van der Waals surface area contributed by atoms with Crippen LogP contribution in [0.1, 0.15) is 26.7 Å². The van der Waals surface area contributed by atoms with Crippen LogP contribution >= 0.6 is 11.8 Å². The second-order valence-electron chi connectivity index (χ2n) is 6.42. The molecule has 0 aromatic heterocycles. The number of carbonyl (C=O) groups is 5. The molecule has 0 aromatic carbocycles. The number of esters is 2. The van der Waals surface area contributed by atoms with E-state index in [-0.39, 0.29) is 24.8 Å². The van der Waals surface area contributed by atoms with Crippen LogP contribution in [0.3, 0.4) is 0 Å². The third-order valence-corrected chi connectivity index (χ3v) is 5.51. The summed E-state index contributed by atoms with van der Waals surface area (Å²) < 4.78 is 9.62. The molecular weight excluding hydrogens is 390 g/mol. The zero-order valence-corrected chi connectivity index (χ0v) is 16.8. The van der Waals surface area contributed by atoms with E-state index >= 15 is 0 Å². The number of carbonyl (C=O) groups excluding carboxylic acids is 5. The summed E-state index contributed by atoms with van der Waals surface area (Å²) >= 11 is 1.23. The summed E-state index contributed by atoms with van der Waals surface area (Å²) in [6.07, 6.45) is 1.99. The monoisotopic (exact) mass is 413 g/mol. The van der Waals surface area contributed by atoms with Gasteiger partial charge in [-0.2, -0.15) is 0 Å². The van der Waals surface area contributed by atoms with Gasteiger partial charge in [0.15, 0.2) is 0 Å². The quantitative estimate of drug-likeness (QED) is 0.260. The Morgan fingerprint density at radius 2 is 2.00 bits per heavy atom. The maximum absolute atomic E-state index is 12.2. The number of hydrogen-bond donors (Lipinski definition) is 1. The maximum Gasteiger partial charge on any atom is 0.333 e. The number of hydrogen-bond acceptors (Lipinski definition) is 8. The second-order valence-corrected chi connectivity index (χ2v) is 7.42. The lowest BCUT2D eigenvalue weighted by Gasteiger charge is -2.19. The van der Waals surface area contributed by atoms with Crippen LogP contribution in [0.25, 0.3) is 0 Å². The van der Waals surface area contributed by atoms with Gasteiger partial charge in [-0.1, -0.05) is 18.7 Å². The van der Waals surface area contributed by atoms with Crippen molar-refractivity contribution in [1.82, 2.24) is 15.1 Å². The first-order chi connectivity index (χ1) is 13.2. The molecule has 2 saturated heterocycles. The Labute approximate surface area is 166 Å². The molecule has 4 amide bonds. The van der Waals surface area contributed by atoms with Gasteiger partial charge in [0.05, 0.1) is 30.6 Å². The third kappa shape index (κ3) is 4.83. The Balaban J connectivity index is 1.79. The lowest BCUT2D eigenvalue weighted by molar-refractivity contribution is -0.147. The number of urea groups is 1. The molecule has 10 nitrogen and oxygen atoms in total. The molecule has 2 aliphatic rings. The van der Waals surface area contributed by atoms with Gasteiger partial charge < -0.3 is 19.7 Å². The molecule has 0 radical (unpaired) electrons. The highest BCUT2D eigenvalue weighted by atomic mass is 32.2. The Kier molecular flexibility index (Phi) is 7.05. The Hall–Kier alpha value is -2.56. The topological polar surface area (TPSA) is 122 Å². The molecule has 2 fully saturated rings. The van der Waals surface area contributed by atoms with Gasteiger partial charge in [-0.3, -0.25) is 19.3 Å². The summed E-state index contributed by atoms with van der Waals surface area (Å²) in [6, 6.07) is -0.622. The van der Waals surface area contributed by atoms with E-state index in [4.69, 9.17) is 4.74 Å². The van der Waals surface area contributed by atoms with Crippen molar-refractivity contribution in [2.75, 3.05) is 32.6 Å². The van der Waals surface area contributed by atoms with E-state index in [1.165, 1.54) is 29.8 Å². The summed E-state index contributed by atoms with van der Waals surface area (Å²) in [7, 11) is 1.25. The fourth-order valence-electron chi connectivity index (χ4n) is 2.64. The van der Waals surface area contributed by atoms with Gasteiger partial charge in [0.2, 0.25) is 5.91 Å². The SMILES string of the molecule is CCC1(C)NC(=O)N(CC(=O)OCCCN2C(=O)CS/C2=C\C(=O)OC)C1=O. The average Bonchev–Trinajstić information content (AvgIpc) is 3.11. The number of imide groups is 1. The molecule has 2 aliphatic heterocycles. The highest BCUT2D eigenvalue weighted by molar-refractivity contribution is 8.04. The number of ether oxygens (including phenoxy) is 2. The summed E-state index contributed by atoms with van der Waals surface area (Å²) in [6.45, 7) is 3.17. The zero-order chi connectivity index (χ0) is 20.9. The Bertz CT molecular complexity index is 724. The van der Waals surface area contributed by atoms with E-state index in [1.54, 1.807) is 13.8 Å². The lowest BCUT2D eigenvalue weighted by Crippen LogP contribution is -2.43. The Morgan fingerprint density at radius 3 is 2.61 bits per heavy atom. The van der Waals surface area contributed by atoms with E-state index in [2.05, 4.69) is 10.1 Å². The smallest absolute Gasteiger partial charge is 0.333 e. The fourth-order valence-corrected chi connectivity index (χ4v) is 3.60. The minimum Gasteiger partial charge on any atom is -0.466 e. The van der Waals surface area contributed by atoms with Crippen LogP contribution in [0.5, 0.6) is 0 Å². The van der Waals surface area contributed by atoms with E-state index in [0.29, 0.717) is 17.9 Å². The number of amides is 4. The standard InChI is InChI=1S/C17H23N3O7S/c1-4-17(2)15(24)20(16(25)18-17)9-14(23)27-7-5-6-19-11(21)10-28-12(19)8-13(22)26-3/h8H,4-7,9-10H2,1-3H3,(H,18,25)/b12-8-. The fraction of sp³-hybridized carbons (Fsp3) is 0.588. The second kappa shape index (κ2) is 9.09. The minimum absolute atomic E-state index is 0.00742. The first kappa shape index (κ1) is 21.7. The Morgan fingerprint density at radius 1 is 1.29 bits per heavy atom. The van der Waals surface area contributed by atoms with E-state index < -0.39 is 36.0 Å². The van der Waals surface area contributed by atoms with Gasteiger partial charge in [-0.15, -0.1) is 0 Å². The number of nitrogens with zero attached hydrogens (tertiary/aromatic N) is 2. The summed E-state index contributed by atoms with van der Waals surface area (Å²) in [5.41, 5.74) is -1.01. The van der Waals surface area contributed by atoms with Gasteiger partial charge in [-0.05, 0) is 19.8 Å². The number of thioether (sulfide) groups is 1. The van der Waals surface area contributed by atoms with E-state index in [9.17, 15) is 24.0 Å². The highest BCUT2D eigenvalue weighted by Crippen LogP contribution is 2.28. The van der Waals surface area contributed by atoms with Crippen LogP contribution in [-0.4, -0.2) is 77.7 Å². The van der Waals surface area contributed by atoms with Crippen LogP contribution in [0.2, 0.25) is 0 Å². The van der Waals surface area contributed by atoms with E-state index in [0.717, 1.165) is 4.90 Å². The largest absolute Gasteiger partial charge is 0.466 e. The van der Waals surface area contributed by atoms with Gasteiger partial charge >= 0.3 is 18.0 Å². The molecule has 0 spiro atoms. The first-order valence-electron chi connectivity index (χ1n) is 8.74. The predicted octanol–water partition coefficient (Wildman–Crippen LogP) is 0.230.